The highest BCUT2D eigenvalue weighted by molar-refractivity contribution is 5.78. The number of likely N-dealkylation sites (N-methyl/N-ethyl adjacent to an activating group) is 1. The van der Waals surface area contributed by atoms with Gasteiger partial charge in [-0.2, -0.15) is 0 Å². The average molecular weight is 314 g/mol. The fourth-order valence-electron chi connectivity index (χ4n) is 2.45. The summed E-state index contributed by atoms with van der Waals surface area (Å²) < 4.78 is 0. The molecule has 0 saturated heterocycles. The van der Waals surface area contributed by atoms with E-state index in [1.54, 1.807) is 6.33 Å². The van der Waals surface area contributed by atoms with Crippen molar-refractivity contribution in [1.82, 2.24) is 19.8 Å². The number of nitrogens with one attached hydrogen (secondary N) is 1. The number of carbonyl (C=O) groups is 1. The Labute approximate surface area is 138 Å². The van der Waals surface area contributed by atoms with Gasteiger partial charge in [-0.05, 0) is 33.5 Å². The van der Waals surface area contributed by atoms with E-state index in [-0.39, 0.29) is 5.91 Å². The van der Waals surface area contributed by atoms with Crippen LogP contribution < -0.4 is 0 Å². The first kappa shape index (κ1) is 17.2. The van der Waals surface area contributed by atoms with Gasteiger partial charge in [0.1, 0.15) is 0 Å². The van der Waals surface area contributed by atoms with Crippen LogP contribution in [0.2, 0.25) is 0 Å². The quantitative estimate of drug-likeness (QED) is 0.852. The standard InChI is InChI=1S/C18H26N4O/c1-14-6-5-7-16(10-14)11-18(23)22(9-8-21(3)4)12-17-15(2)19-13-20-17/h5-7,10,13H,8-9,11-12H2,1-4H3,(H,19,20). The number of H-pyrrole nitrogens is 1. The Morgan fingerprint density at radius 1 is 1.22 bits per heavy atom. The van der Waals surface area contributed by atoms with Crippen LogP contribution in [-0.2, 0) is 17.8 Å². The lowest BCUT2D eigenvalue weighted by molar-refractivity contribution is -0.131. The third kappa shape index (κ3) is 5.21. The Morgan fingerprint density at radius 3 is 2.61 bits per heavy atom. The highest BCUT2D eigenvalue weighted by Gasteiger charge is 2.17. The van der Waals surface area contributed by atoms with Gasteiger partial charge in [0.25, 0.3) is 0 Å². The minimum atomic E-state index is 0.139. The summed E-state index contributed by atoms with van der Waals surface area (Å²) in [6.45, 7) is 6.11. The van der Waals surface area contributed by atoms with Crippen molar-refractivity contribution in [3.8, 4) is 0 Å². The molecular formula is C18H26N4O. The number of aromatic nitrogens is 2. The highest BCUT2D eigenvalue weighted by Crippen LogP contribution is 2.10. The molecule has 0 aliphatic heterocycles. The van der Waals surface area contributed by atoms with Gasteiger partial charge in [-0.3, -0.25) is 4.79 Å². The molecule has 0 atom stereocenters. The van der Waals surface area contributed by atoms with Crippen molar-refractivity contribution >= 4 is 5.91 Å². The van der Waals surface area contributed by atoms with Gasteiger partial charge in [0.2, 0.25) is 5.91 Å². The number of aromatic amines is 1. The smallest absolute Gasteiger partial charge is 0.227 e. The molecule has 5 heteroatoms. The highest BCUT2D eigenvalue weighted by atomic mass is 16.2. The molecule has 1 aromatic heterocycles. The van der Waals surface area contributed by atoms with Gasteiger partial charge in [-0.25, -0.2) is 4.98 Å². The number of benzene rings is 1. The molecule has 0 aliphatic rings. The zero-order valence-corrected chi connectivity index (χ0v) is 14.5. The number of carbonyl (C=O) groups excluding carboxylic acids is 1. The third-order valence-electron chi connectivity index (χ3n) is 3.88. The van der Waals surface area contributed by atoms with E-state index in [9.17, 15) is 4.79 Å². The molecule has 1 heterocycles. The Balaban J connectivity index is 2.08. The van der Waals surface area contributed by atoms with E-state index >= 15 is 0 Å². The SMILES string of the molecule is Cc1cccc(CC(=O)N(CCN(C)C)Cc2nc[nH]c2C)c1. The predicted molar refractivity (Wildman–Crippen MR) is 92.2 cm³/mol. The van der Waals surface area contributed by atoms with E-state index in [1.165, 1.54) is 5.56 Å². The maximum Gasteiger partial charge on any atom is 0.227 e. The number of amides is 1. The lowest BCUT2D eigenvalue weighted by atomic mass is 10.1. The molecule has 1 aromatic carbocycles. The van der Waals surface area contributed by atoms with E-state index in [0.717, 1.165) is 23.5 Å². The fraction of sp³-hybridized carbons (Fsp3) is 0.444. The van der Waals surface area contributed by atoms with Gasteiger partial charge >= 0.3 is 0 Å². The Hall–Kier alpha value is -2.14. The summed E-state index contributed by atoms with van der Waals surface area (Å²) in [5.41, 5.74) is 4.19. The van der Waals surface area contributed by atoms with E-state index in [1.807, 2.05) is 51.0 Å². The molecule has 124 valence electrons. The molecule has 5 nitrogen and oxygen atoms in total. The first-order valence-electron chi connectivity index (χ1n) is 7.92. The summed E-state index contributed by atoms with van der Waals surface area (Å²) in [5.74, 6) is 0.139. The molecule has 0 fully saturated rings. The van der Waals surface area contributed by atoms with E-state index in [0.29, 0.717) is 19.5 Å². The normalized spacial score (nSPS) is 11.0. The van der Waals surface area contributed by atoms with Gasteiger partial charge < -0.3 is 14.8 Å². The van der Waals surface area contributed by atoms with Gasteiger partial charge in [0.15, 0.2) is 0 Å². The molecule has 0 saturated carbocycles. The molecule has 23 heavy (non-hydrogen) atoms. The third-order valence-corrected chi connectivity index (χ3v) is 3.88. The first-order chi connectivity index (χ1) is 11.0. The Kier molecular flexibility index (Phi) is 5.93. The van der Waals surface area contributed by atoms with Gasteiger partial charge in [0.05, 0.1) is 25.0 Å². The molecule has 0 radical (unpaired) electrons. The molecule has 0 bridgehead atoms. The van der Waals surface area contributed by atoms with Gasteiger partial charge in [-0.15, -0.1) is 0 Å². The van der Waals surface area contributed by atoms with Crippen molar-refractivity contribution in [2.24, 2.45) is 0 Å². The number of nitrogens with zero attached hydrogens (tertiary/aromatic N) is 3. The Morgan fingerprint density at radius 2 is 2.00 bits per heavy atom. The number of aryl methyl sites for hydroxylation is 2. The van der Waals surface area contributed by atoms with Crippen LogP contribution in [0.4, 0.5) is 0 Å². The maximum atomic E-state index is 12.7. The summed E-state index contributed by atoms with van der Waals surface area (Å²) in [7, 11) is 4.03. The van der Waals surface area contributed by atoms with E-state index in [2.05, 4.69) is 20.9 Å². The maximum absolute atomic E-state index is 12.7. The van der Waals surface area contributed by atoms with Crippen molar-refractivity contribution in [2.75, 3.05) is 27.2 Å². The molecule has 0 aliphatic carbocycles. The molecule has 2 rings (SSSR count). The topological polar surface area (TPSA) is 52.2 Å². The predicted octanol–water partition coefficient (Wildman–Crippen LogP) is 2.16. The second-order valence-electron chi connectivity index (χ2n) is 6.26. The second-order valence-corrected chi connectivity index (χ2v) is 6.26. The zero-order valence-electron chi connectivity index (χ0n) is 14.5. The van der Waals surface area contributed by atoms with Crippen LogP contribution in [0.3, 0.4) is 0 Å². The van der Waals surface area contributed by atoms with Crippen molar-refractivity contribution < 1.29 is 4.79 Å². The minimum Gasteiger partial charge on any atom is -0.348 e. The van der Waals surface area contributed by atoms with Gasteiger partial charge in [-0.1, -0.05) is 29.8 Å². The molecule has 1 amide bonds. The molecule has 0 spiro atoms. The summed E-state index contributed by atoms with van der Waals surface area (Å²) in [4.78, 5) is 24.1. The molecule has 1 N–H and O–H groups in total. The molecule has 2 aromatic rings. The van der Waals surface area contributed by atoms with Crippen LogP contribution >= 0.6 is 0 Å². The van der Waals surface area contributed by atoms with Crippen molar-refractivity contribution in [3.05, 3.63) is 53.1 Å². The summed E-state index contributed by atoms with van der Waals surface area (Å²) in [6.07, 6.45) is 2.11. The monoisotopic (exact) mass is 314 g/mol. The van der Waals surface area contributed by atoms with Crippen molar-refractivity contribution in [2.45, 2.75) is 26.8 Å². The van der Waals surface area contributed by atoms with Crippen molar-refractivity contribution in [3.63, 3.8) is 0 Å². The largest absolute Gasteiger partial charge is 0.348 e. The summed E-state index contributed by atoms with van der Waals surface area (Å²) in [6, 6.07) is 8.13. The Bertz CT molecular complexity index is 648. The lowest BCUT2D eigenvalue weighted by Crippen LogP contribution is -2.37. The molecular weight excluding hydrogens is 288 g/mol. The first-order valence-corrected chi connectivity index (χ1v) is 7.92. The van der Waals surface area contributed by atoms with Crippen LogP contribution in [0.15, 0.2) is 30.6 Å². The minimum absolute atomic E-state index is 0.139. The fourth-order valence-corrected chi connectivity index (χ4v) is 2.45. The van der Waals surface area contributed by atoms with Crippen LogP contribution in [-0.4, -0.2) is 52.9 Å². The van der Waals surface area contributed by atoms with Crippen LogP contribution in [0.1, 0.15) is 22.5 Å². The number of hydrogen-bond acceptors (Lipinski definition) is 3. The zero-order chi connectivity index (χ0) is 16.8. The van der Waals surface area contributed by atoms with Gasteiger partial charge in [0, 0.05) is 18.8 Å². The summed E-state index contributed by atoms with van der Waals surface area (Å²) in [5, 5.41) is 0. The number of rotatable bonds is 7. The number of hydrogen-bond donors (Lipinski definition) is 1. The molecule has 0 unspecified atom stereocenters. The van der Waals surface area contributed by atoms with Crippen LogP contribution in [0, 0.1) is 13.8 Å². The van der Waals surface area contributed by atoms with Crippen molar-refractivity contribution in [1.29, 1.82) is 0 Å². The number of imidazole rings is 1. The lowest BCUT2D eigenvalue weighted by Gasteiger charge is -2.24. The van der Waals surface area contributed by atoms with E-state index in [4.69, 9.17) is 0 Å². The average Bonchev–Trinajstić information content (AvgIpc) is 2.88. The second kappa shape index (κ2) is 7.92. The van der Waals surface area contributed by atoms with Crippen LogP contribution in [0.25, 0.3) is 0 Å². The summed E-state index contributed by atoms with van der Waals surface area (Å²) >= 11 is 0. The van der Waals surface area contributed by atoms with Crippen LogP contribution in [0.5, 0.6) is 0 Å². The van der Waals surface area contributed by atoms with E-state index < -0.39 is 0 Å².